The predicted molar refractivity (Wildman–Crippen MR) is 128 cm³/mol. The van der Waals surface area contributed by atoms with Gasteiger partial charge < -0.3 is 20.5 Å². The van der Waals surface area contributed by atoms with Gasteiger partial charge in [0.15, 0.2) is 0 Å². The van der Waals surface area contributed by atoms with Gasteiger partial charge in [-0.2, -0.15) is 0 Å². The average molecular weight is 465 g/mol. The van der Waals surface area contributed by atoms with Crippen LogP contribution in [0.2, 0.25) is 0 Å². The molecule has 2 amide bonds. The first kappa shape index (κ1) is 23.8. The molecule has 2 aliphatic rings. The number of unbranched alkanes of at least 4 members (excludes halogenated alkanes) is 1. The molecule has 0 aromatic heterocycles. The minimum Gasteiger partial charge on any atom is -0.480 e. The maximum atomic E-state index is 12.9. The van der Waals surface area contributed by atoms with E-state index in [0.29, 0.717) is 25.2 Å². The number of aliphatic carboxylic acids is 1. The fourth-order valence-electron chi connectivity index (χ4n) is 4.64. The maximum absolute atomic E-state index is 12.9. The first-order valence-corrected chi connectivity index (χ1v) is 12.1. The third-order valence-corrected chi connectivity index (χ3v) is 6.68. The molecule has 2 aliphatic carbocycles. The van der Waals surface area contributed by atoms with Crippen molar-refractivity contribution >= 4 is 18.0 Å². The number of hydrogen-bond acceptors (Lipinski definition) is 4. The summed E-state index contributed by atoms with van der Waals surface area (Å²) in [5.74, 6) is -1.24. The molecule has 0 heterocycles. The second-order valence-electron chi connectivity index (χ2n) is 9.24. The Balaban J connectivity index is 1.39. The number of ether oxygens (including phenoxy) is 1. The van der Waals surface area contributed by atoms with Gasteiger partial charge >= 0.3 is 12.1 Å². The van der Waals surface area contributed by atoms with Crippen LogP contribution >= 0.6 is 0 Å². The summed E-state index contributed by atoms with van der Waals surface area (Å²) in [7, 11) is 0. The van der Waals surface area contributed by atoms with Crippen molar-refractivity contribution in [2.45, 2.75) is 63.5 Å². The van der Waals surface area contributed by atoms with Crippen molar-refractivity contribution in [2.75, 3.05) is 6.61 Å². The van der Waals surface area contributed by atoms with Gasteiger partial charge in [-0.3, -0.25) is 4.79 Å². The van der Waals surface area contributed by atoms with E-state index in [1.807, 2.05) is 43.3 Å². The van der Waals surface area contributed by atoms with Crippen LogP contribution in [-0.2, 0) is 14.3 Å². The number of nitrogens with one attached hydrogen (secondary N) is 2. The Morgan fingerprint density at radius 2 is 1.59 bits per heavy atom. The van der Waals surface area contributed by atoms with E-state index in [9.17, 15) is 19.5 Å². The summed E-state index contributed by atoms with van der Waals surface area (Å²) in [5.41, 5.74) is 4.52. The summed E-state index contributed by atoms with van der Waals surface area (Å²) < 4.78 is 5.59. The van der Waals surface area contributed by atoms with Crippen LogP contribution in [0.5, 0.6) is 0 Å². The molecule has 1 fully saturated rings. The van der Waals surface area contributed by atoms with Crippen LogP contribution in [-0.4, -0.2) is 41.8 Å². The topological polar surface area (TPSA) is 105 Å². The number of carboxylic acids is 1. The van der Waals surface area contributed by atoms with Crippen LogP contribution in [0, 0.1) is 5.92 Å². The van der Waals surface area contributed by atoms with E-state index in [1.165, 1.54) is 0 Å². The van der Waals surface area contributed by atoms with Gasteiger partial charge in [0.05, 0.1) is 0 Å². The Morgan fingerprint density at radius 3 is 2.15 bits per heavy atom. The number of alkyl carbamates (subject to hydrolysis) is 1. The lowest BCUT2D eigenvalue weighted by Gasteiger charge is -2.22. The van der Waals surface area contributed by atoms with Crippen molar-refractivity contribution in [1.82, 2.24) is 10.6 Å². The highest BCUT2D eigenvalue weighted by atomic mass is 16.5. The van der Waals surface area contributed by atoms with Crippen LogP contribution in [0.4, 0.5) is 4.79 Å². The molecule has 180 valence electrons. The number of rotatable bonds is 11. The number of benzene rings is 2. The molecule has 1 saturated carbocycles. The third-order valence-electron chi connectivity index (χ3n) is 6.68. The molecule has 2 aromatic rings. The van der Waals surface area contributed by atoms with Crippen LogP contribution in [0.1, 0.15) is 62.5 Å². The summed E-state index contributed by atoms with van der Waals surface area (Å²) >= 11 is 0. The molecule has 3 N–H and O–H groups in total. The first-order chi connectivity index (χ1) is 16.5. The molecule has 2 atom stereocenters. The van der Waals surface area contributed by atoms with Crippen molar-refractivity contribution in [3.05, 3.63) is 59.7 Å². The summed E-state index contributed by atoms with van der Waals surface area (Å²) in [5, 5.41) is 14.7. The van der Waals surface area contributed by atoms with E-state index in [1.54, 1.807) is 0 Å². The molecule has 2 aromatic carbocycles. The van der Waals surface area contributed by atoms with Crippen molar-refractivity contribution in [3.63, 3.8) is 0 Å². The van der Waals surface area contributed by atoms with Crippen molar-refractivity contribution in [1.29, 1.82) is 0 Å². The Morgan fingerprint density at radius 1 is 0.971 bits per heavy atom. The number of carbonyl (C=O) groups is 3. The first-order valence-electron chi connectivity index (χ1n) is 12.1. The largest absolute Gasteiger partial charge is 0.480 e. The molecule has 1 unspecified atom stereocenters. The lowest BCUT2D eigenvalue weighted by molar-refractivity contribution is -0.142. The maximum Gasteiger partial charge on any atom is 0.407 e. The van der Waals surface area contributed by atoms with Gasteiger partial charge in [-0.25, -0.2) is 9.59 Å². The number of carboxylic acid groups (broad SMARTS) is 1. The lowest BCUT2D eigenvalue weighted by atomic mass is 9.98. The SMILES string of the molecule is CCCCC(NC(=O)[C@H](CC1CC1)NC(=O)OCC1c2ccccc2-c2ccccc21)C(=O)O. The van der Waals surface area contributed by atoms with Crippen LogP contribution < -0.4 is 10.6 Å². The standard InChI is InChI=1S/C27H32N2O5/c1-2-3-12-23(26(31)32)28-25(30)24(15-17-13-14-17)29-27(33)34-16-22-20-10-6-4-8-18(20)19-9-5-7-11-21(19)22/h4-11,17,22-24H,2-3,12-16H2,1H3,(H,28,30)(H,29,33)(H,31,32)/t23?,24-/m0/s1. The van der Waals surface area contributed by atoms with Gasteiger partial charge in [-0.05, 0) is 41.0 Å². The average Bonchev–Trinajstić information content (AvgIpc) is 3.60. The lowest BCUT2D eigenvalue weighted by Crippen LogP contribution is -2.52. The van der Waals surface area contributed by atoms with Crippen molar-refractivity contribution in [2.24, 2.45) is 5.92 Å². The molecular weight excluding hydrogens is 432 g/mol. The molecule has 7 nitrogen and oxygen atoms in total. The van der Waals surface area contributed by atoms with Gasteiger partial charge in [0.25, 0.3) is 0 Å². The second-order valence-corrected chi connectivity index (χ2v) is 9.24. The minimum atomic E-state index is -1.06. The van der Waals surface area contributed by atoms with Gasteiger partial charge in [0, 0.05) is 5.92 Å². The number of fused-ring (bicyclic) bond motifs is 3. The summed E-state index contributed by atoms with van der Waals surface area (Å²) in [4.78, 5) is 37.1. The Hall–Kier alpha value is -3.35. The highest BCUT2D eigenvalue weighted by Gasteiger charge is 2.33. The Labute approximate surface area is 199 Å². The van der Waals surface area contributed by atoms with Crippen molar-refractivity contribution < 1.29 is 24.2 Å². The van der Waals surface area contributed by atoms with E-state index in [2.05, 4.69) is 22.8 Å². The molecule has 0 radical (unpaired) electrons. The highest BCUT2D eigenvalue weighted by molar-refractivity contribution is 5.89. The van der Waals surface area contributed by atoms with E-state index >= 15 is 0 Å². The zero-order chi connectivity index (χ0) is 24.1. The summed E-state index contributed by atoms with van der Waals surface area (Å²) in [6.45, 7) is 2.13. The molecule has 0 bridgehead atoms. The van der Waals surface area contributed by atoms with Crippen LogP contribution in [0.15, 0.2) is 48.5 Å². The Kier molecular flexibility index (Phi) is 7.50. The molecule has 34 heavy (non-hydrogen) atoms. The smallest absolute Gasteiger partial charge is 0.407 e. The number of hydrogen-bond donors (Lipinski definition) is 3. The fourth-order valence-corrected chi connectivity index (χ4v) is 4.64. The number of carbonyl (C=O) groups excluding carboxylic acids is 2. The Bertz CT molecular complexity index is 1000. The van der Waals surface area contributed by atoms with Crippen molar-refractivity contribution in [3.8, 4) is 11.1 Å². The quantitative estimate of drug-likeness (QED) is 0.456. The zero-order valence-electron chi connectivity index (χ0n) is 19.5. The van der Waals surface area contributed by atoms with Crippen LogP contribution in [0.3, 0.4) is 0 Å². The summed E-state index contributed by atoms with van der Waals surface area (Å²) in [6.07, 6.45) is 3.73. The molecule has 0 saturated heterocycles. The highest BCUT2D eigenvalue weighted by Crippen LogP contribution is 2.44. The molecule has 4 rings (SSSR count). The predicted octanol–water partition coefficient (Wildman–Crippen LogP) is 4.45. The van der Waals surface area contributed by atoms with E-state index in [0.717, 1.165) is 41.5 Å². The monoisotopic (exact) mass is 464 g/mol. The number of amides is 2. The van der Waals surface area contributed by atoms with Gasteiger partial charge in [-0.15, -0.1) is 0 Å². The van der Waals surface area contributed by atoms with E-state index in [4.69, 9.17) is 4.74 Å². The zero-order valence-corrected chi connectivity index (χ0v) is 19.5. The van der Waals surface area contributed by atoms with E-state index < -0.39 is 30.1 Å². The minimum absolute atomic E-state index is 0.0701. The molecule has 7 heteroatoms. The molecule has 0 aliphatic heterocycles. The fraction of sp³-hybridized carbons (Fsp3) is 0.444. The second kappa shape index (κ2) is 10.7. The van der Waals surface area contributed by atoms with Gasteiger partial charge in [0.2, 0.25) is 5.91 Å². The van der Waals surface area contributed by atoms with Crippen LogP contribution in [0.25, 0.3) is 11.1 Å². The molecule has 0 spiro atoms. The summed E-state index contributed by atoms with van der Waals surface area (Å²) in [6, 6.07) is 14.4. The van der Waals surface area contributed by atoms with E-state index in [-0.39, 0.29) is 12.5 Å². The van der Waals surface area contributed by atoms with Gasteiger partial charge in [0.1, 0.15) is 18.7 Å². The van der Waals surface area contributed by atoms with Gasteiger partial charge in [-0.1, -0.05) is 81.1 Å². The third kappa shape index (κ3) is 5.58. The molecular formula is C27H32N2O5. The normalized spacial score (nSPS) is 16.1.